The minimum Gasteiger partial charge on any atom is -0.495 e. The Morgan fingerprint density at radius 1 is 1.03 bits per heavy atom. The zero-order valence-corrected chi connectivity index (χ0v) is 20.7. The lowest BCUT2D eigenvalue weighted by Crippen LogP contribution is -2.51. The van der Waals surface area contributed by atoms with Crippen molar-refractivity contribution < 1.29 is 27.5 Å². The number of carbonyl (C=O) groups is 2. The number of hydrogen-bond acceptors (Lipinski definition) is 7. The van der Waals surface area contributed by atoms with Crippen molar-refractivity contribution in [2.24, 2.45) is 0 Å². The first kappa shape index (κ1) is 25.5. The molecule has 0 unspecified atom stereocenters. The first-order chi connectivity index (χ1) is 16.2. The van der Waals surface area contributed by atoms with Gasteiger partial charge < -0.3 is 19.3 Å². The van der Waals surface area contributed by atoms with Crippen LogP contribution in [0.2, 0.25) is 0 Å². The monoisotopic (exact) mass is 489 g/mol. The van der Waals surface area contributed by atoms with Crippen molar-refractivity contribution in [1.82, 2.24) is 9.80 Å². The summed E-state index contributed by atoms with van der Waals surface area (Å²) < 4.78 is 37.9. The zero-order valence-electron chi connectivity index (χ0n) is 19.9. The summed E-state index contributed by atoms with van der Waals surface area (Å²) >= 11 is 0. The molecule has 184 valence electrons. The molecular formula is C24H31N3O6S. The minimum atomic E-state index is -3.89. The number of para-hydroxylation sites is 2. The van der Waals surface area contributed by atoms with Crippen LogP contribution in [0.1, 0.15) is 24.2 Å². The number of hydrogen-bond donors (Lipinski definition) is 0. The van der Waals surface area contributed by atoms with Gasteiger partial charge in [-0.2, -0.15) is 0 Å². The van der Waals surface area contributed by atoms with Crippen molar-refractivity contribution in [3.63, 3.8) is 0 Å². The Labute approximate surface area is 200 Å². The van der Waals surface area contributed by atoms with Crippen LogP contribution in [0.15, 0.2) is 53.4 Å². The van der Waals surface area contributed by atoms with Crippen LogP contribution in [-0.2, 0) is 19.6 Å². The van der Waals surface area contributed by atoms with Gasteiger partial charge in [-0.15, -0.1) is 0 Å². The molecule has 0 radical (unpaired) electrons. The van der Waals surface area contributed by atoms with Crippen LogP contribution >= 0.6 is 0 Å². The van der Waals surface area contributed by atoms with Gasteiger partial charge >= 0.3 is 5.97 Å². The van der Waals surface area contributed by atoms with E-state index in [4.69, 9.17) is 9.47 Å². The van der Waals surface area contributed by atoms with Crippen LogP contribution < -0.4 is 9.04 Å². The SMILES string of the molecule is CCN1CCN(C(=O)[C@@H](C)OC(=O)c2ccc(S(=O)(=O)N(C)c3ccccc3OC)cc2)CC1. The predicted octanol–water partition coefficient (Wildman–Crippen LogP) is 2.23. The van der Waals surface area contributed by atoms with E-state index in [1.807, 2.05) is 0 Å². The smallest absolute Gasteiger partial charge is 0.338 e. The van der Waals surface area contributed by atoms with E-state index in [0.717, 1.165) is 23.9 Å². The fourth-order valence-electron chi connectivity index (χ4n) is 3.76. The van der Waals surface area contributed by atoms with E-state index in [2.05, 4.69) is 11.8 Å². The summed E-state index contributed by atoms with van der Waals surface area (Å²) in [5.74, 6) is -0.500. The van der Waals surface area contributed by atoms with Crippen molar-refractivity contribution >= 4 is 27.6 Å². The van der Waals surface area contributed by atoms with Crippen LogP contribution in [-0.4, -0.2) is 83.1 Å². The van der Waals surface area contributed by atoms with Gasteiger partial charge in [-0.3, -0.25) is 9.10 Å². The molecule has 9 nitrogen and oxygen atoms in total. The second kappa shape index (κ2) is 10.9. The van der Waals surface area contributed by atoms with Gasteiger partial charge in [0.2, 0.25) is 0 Å². The summed E-state index contributed by atoms with van der Waals surface area (Å²) in [6, 6.07) is 12.2. The summed E-state index contributed by atoms with van der Waals surface area (Å²) in [5.41, 5.74) is 0.551. The van der Waals surface area contributed by atoms with Gasteiger partial charge in [0, 0.05) is 33.2 Å². The van der Waals surface area contributed by atoms with Gasteiger partial charge in [0.1, 0.15) is 5.75 Å². The van der Waals surface area contributed by atoms with Gasteiger partial charge in [0.25, 0.3) is 15.9 Å². The average Bonchev–Trinajstić information content (AvgIpc) is 2.87. The molecule has 1 atom stereocenters. The van der Waals surface area contributed by atoms with Crippen molar-refractivity contribution in [3.8, 4) is 5.75 Å². The van der Waals surface area contributed by atoms with E-state index < -0.39 is 22.1 Å². The fraction of sp³-hybridized carbons (Fsp3) is 0.417. The number of rotatable bonds is 8. The van der Waals surface area contributed by atoms with Crippen LogP contribution in [0.3, 0.4) is 0 Å². The lowest BCUT2D eigenvalue weighted by atomic mass is 10.2. The van der Waals surface area contributed by atoms with Crippen molar-refractivity contribution in [2.45, 2.75) is 24.8 Å². The highest BCUT2D eigenvalue weighted by atomic mass is 32.2. The molecule has 34 heavy (non-hydrogen) atoms. The molecule has 0 aliphatic carbocycles. The lowest BCUT2D eigenvalue weighted by molar-refractivity contribution is -0.141. The summed E-state index contributed by atoms with van der Waals surface area (Å²) in [4.78, 5) is 29.2. The van der Waals surface area contributed by atoms with Crippen molar-refractivity contribution in [3.05, 3.63) is 54.1 Å². The molecule has 1 aliphatic heterocycles. The Hall–Kier alpha value is -3.11. The zero-order chi connectivity index (χ0) is 24.9. The molecule has 0 N–H and O–H groups in total. The number of esters is 1. The van der Waals surface area contributed by atoms with Crippen LogP contribution in [0.25, 0.3) is 0 Å². The third-order valence-corrected chi connectivity index (χ3v) is 7.72. The number of anilines is 1. The highest BCUT2D eigenvalue weighted by Crippen LogP contribution is 2.30. The fourth-order valence-corrected chi connectivity index (χ4v) is 4.97. The maximum atomic E-state index is 13.1. The van der Waals surface area contributed by atoms with Gasteiger partial charge in [0.05, 0.1) is 23.3 Å². The lowest BCUT2D eigenvalue weighted by Gasteiger charge is -2.35. The molecule has 0 spiro atoms. The largest absolute Gasteiger partial charge is 0.495 e. The quantitative estimate of drug-likeness (QED) is 0.525. The molecule has 3 rings (SSSR count). The Kier molecular flexibility index (Phi) is 8.16. The van der Waals surface area contributed by atoms with Gasteiger partial charge in [-0.1, -0.05) is 19.1 Å². The first-order valence-electron chi connectivity index (χ1n) is 11.1. The molecule has 1 fully saturated rings. The van der Waals surface area contributed by atoms with Crippen LogP contribution in [0.4, 0.5) is 5.69 Å². The molecule has 2 aromatic rings. The van der Waals surface area contributed by atoms with E-state index in [9.17, 15) is 18.0 Å². The number of sulfonamides is 1. The number of amides is 1. The normalized spacial score (nSPS) is 15.5. The Morgan fingerprint density at radius 2 is 1.65 bits per heavy atom. The summed E-state index contributed by atoms with van der Waals surface area (Å²) in [6.07, 6.45) is -0.930. The molecule has 0 bridgehead atoms. The predicted molar refractivity (Wildman–Crippen MR) is 129 cm³/mol. The highest BCUT2D eigenvalue weighted by Gasteiger charge is 2.28. The van der Waals surface area contributed by atoms with Crippen LogP contribution in [0.5, 0.6) is 5.75 Å². The summed E-state index contributed by atoms with van der Waals surface area (Å²) in [5, 5.41) is 0. The number of methoxy groups -OCH3 is 1. The molecule has 1 aliphatic rings. The number of likely N-dealkylation sites (N-methyl/N-ethyl adjacent to an activating group) is 1. The average molecular weight is 490 g/mol. The van der Waals surface area contributed by atoms with Crippen LogP contribution in [0, 0.1) is 0 Å². The molecular weight excluding hydrogens is 458 g/mol. The topological polar surface area (TPSA) is 96.5 Å². The van der Waals surface area contributed by atoms with E-state index in [-0.39, 0.29) is 16.4 Å². The van der Waals surface area contributed by atoms with Crippen molar-refractivity contribution in [1.29, 1.82) is 0 Å². The Bertz CT molecular complexity index is 1110. The molecule has 0 saturated carbocycles. The third kappa shape index (κ3) is 5.51. The van der Waals surface area contributed by atoms with E-state index in [1.54, 1.807) is 36.1 Å². The second-order valence-electron chi connectivity index (χ2n) is 7.98. The number of carbonyl (C=O) groups excluding carboxylic acids is 2. The van der Waals surface area contributed by atoms with E-state index in [0.29, 0.717) is 24.5 Å². The molecule has 10 heteroatoms. The van der Waals surface area contributed by atoms with E-state index in [1.165, 1.54) is 38.4 Å². The molecule has 1 heterocycles. The van der Waals surface area contributed by atoms with Crippen molar-refractivity contribution in [2.75, 3.05) is 51.2 Å². The number of benzene rings is 2. The Balaban J connectivity index is 1.66. The van der Waals surface area contributed by atoms with Gasteiger partial charge in [-0.25, -0.2) is 13.2 Å². The molecule has 2 aromatic carbocycles. The molecule has 1 amide bonds. The minimum absolute atomic E-state index is 0.00961. The summed E-state index contributed by atoms with van der Waals surface area (Å²) in [7, 11) is -0.986. The van der Waals surface area contributed by atoms with Gasteiger partial charge in [0.15, 0.2) is 6.10 Å². The Morgan fingerprint density at radius 3 is 2.24 bits per heavy atom. The first-order valence-corrected chi connectivity index (χ1v) is 12.6. The maximum absolute atomic E-state index is 13.1. The standard InChI is InChI=1S/C24H31N3O6S/c1-5-26-14-16-27(17-15-26)23(28)18(2)33-24(29)19-10-12-20(13-11-19)34(30,31)25(3)21-8-6-7-9-22(21)32-4/h6-13,18H,5,14-17H2,1-4H3/t18-/m1/s1. The summed E-state index contributed by atoms with van der Waals surface area (Å²) in [6.45, 7) is 7.35. The highest BCUT2D eigenvalue weighted by molar-refractivity contribution is 7.92. The van der Waals surface area contributed by atoms with E-state index >= 15 is 0 Å². The second-order valence-corrected chi connectivity index (χ2v) is 9.95. The number of piperazine rings is 1. The number of ether oxygens (including phenoxy) is 2. The molecule has 1 saturated heterocycles. The molecule has 0 aromatic heterocycles. The number of nitrogens with zero attached hydrogens (tertiary/aromatic N) is 3. The van der Waals surface area contributed by atoms with Gasteiger partial charge in [-0.05, 0) is 49.9 Å². The maximum Gasteiger partial charge on any atom is 0.338 e. The third-order valence-electron chi connectivity index (χ3n) is 5.94.